The topological polar surface area (TPSA) is 62.1 Å². The van der Waals surface area contributed by atoms with Gasteiger partial charge in [-0.2, -0.15) is 13.2 Å². The summed E-state index contributed by atoms with van der Waals surface area (Å²) in [5, 5.41) is 14.0. The number of aromatic nitrogens is 1. The summed E-state index contributed by atoms with van der Waals surface area (Å²) in [6.45, 7) is 0. The zero-order valence-electron chi connectivity index (χ0n) is 18.6. The number of hydrogen-bond donors (Lipinski definition) is 0. The normalized spacial score (nSPS) is 15.0. The van der Waals surface area contributed by atoms with Crippen molar-refractivity contribution in [3.63, 3.8) is 0 Å². The van der Waals surface area contributed by atoms with Gasteiger partial charge in [0.15, 0.2) is 0 Å². The molecule has 0 N–H and O–H groups in total. The van der Waals surface area contributed by atoms with E-state index in [1.165, 1.54) is 12.1 Å². The minimum absolute atomic E-state index is 0. The van der Waals surface area contributed by atoms with E-state index in [0.29, 0.717) is 22.6 Å². The van der Waals surface area contributed by atoms with Gasteiger partial charge in [-0.1, -0.05) is 54.6 Å². The average Bonchev–Trinajstić information content (AvgIpc) is 3.25. The molecule has 2 heterocycles. The van der Waals surface area contributed by atoms with Crippen LogP contribution >= 0.6 is 11.8 Å². The molecule has 4 aromatic rings. The van der Waals surface area contributed by atoms with Crippen LogP contribution in [0.15, 0.2) is 82.6 Å². The molecule has 172 valence electrons. The molecule has 5 rings (SSSR count). The van der Waals surface area contributed by atoms with Gasteiger partial charge in [-0.15, -0.1) is 11.8 Å². The molecule has 0 saturated heterocycles. The molecule has 0 unspecified atom stereocenters. The Morgan fingerprint density at radius 3 is 2.46 bits per heavy atom. The summed E-state index contributed by atoms with van der Waals surface area (Å²) in [5.74, 6) is -1.33. The van der Waals surface area contributed by atoms with Gasteiger partial charge in [0, 0.05) is 17.4 Å². The summed E-state index contributed by atoms with van der Waals surface area (Å²) in [5.41, 5.74) is 0.813. The maximum atomic E-state index is 13.4. The van der Waals surface area contributed by atoms with Crippen LogP contribution in [0.1, 0.15) is 22.7 Å². The fourth-order valence-corrected chi connectivity index (χ4v) is 5.71. The second-order valence-electron chi connectivity index (χ2n) is 8.14. The molecule has 0 spiro atoms. The number of fused-ring (bicyclic) bond motifs is 2. The van der Waals surface area contributed by atoms with E-state index >= 15 is 0 Å². The van der Waals surface area contributed by atoms with Crippen LogP contribution in [-0.4, -0.2) is 16.3 Å². The van der Waals surface area contributed by atoms with Crippen molar-refractivity contribution in [3.8, 4) is 11.1 Å². The van der Waals surface area contributed by atoms with Crippen LogP contribution in [0.2, 0.25) is 0 Å². The first-order chi connectivity index (χ1) is 16.2. The van der Waals surface area contributed by atoms with Gasteiger partial charge in [-0.05, 0) is 46.0 Å². The van der Waals surface area contributed by atoms with Crippen LogP contribution in [-0.2, 0) is 17.4 Å². The number of carbonyl (C=O) groups excluding carboxylic acids is 1. The molecule has 1 aliphatic heterocycles. The Morgan fingerprint density at radius 2 is 1.74 bits per heavy atom. The number of alkyl halides is 3. The Hall–Kier alpha value is -2.92. The SMILES string of the molecule is O=C([O-])[C@@H]1CSc2c(-c3cccc(C(F)(F)F)c3)c(Cc3ccc4ccccc4c3)cc(=O)n21.[Li+]. The van der Waals surface area contributed by atoms with Crippen molar-refractivity contribution in [2.45, 2.75) is 23.7 Å². The summed E-state index contributed by atoms with van der Waals surface area (Å²) in [6, 6.07) is 18.7. The number of rotatable bonds is 4. The average molecular weight is 487 g/mol. The molecule has 0 aliphatic carbocycles. The van der Waals surface area contributed by atoms with Crippen LogP contribution < -0.4 is 29.5 Å². The van der Waals surface area contributed by atoms with Crippen molar-refractivity contribution in [1.29, 1.82) is 0 Å². The number of carboxylic acid groups (broad SMARTS) is 1. The number of hydrogen-bond acceptors (Lipinski definition) is 4. The van der Waals surface area contributed by atoms with E-state index in [1.807, 2.05) is 42.5 Å². The molecule has 0 radical (unpaired) electrons. The molecule has 0 bridgehead atoms. The second kappa shape index (κ2) is 9.61. The molecule has 1 atom stereocenters. The van der Waals surface area contributed by atoms with Crippen LogP contribution in [0.5, 0.6) is 0 Å². The number of thioether (sulfide) groups is 1. The third kappa shape index (κ3) is 4.79. The first-order valence-corrected chi connectivity index (χ1v) is 11.5. The summed E-state index contributed by atoms with van der Waals surface area (Å²) in [6.07, 6.45) is -4.24. The first-order valence-electron chi connectivity index (χ1n) is 10.5. The number of nitrogens with zero attached hydrogens (tertiary/aromatic N) is 1. The van der Waals surface area contributed by atoms with Crippen LogP contribution in [0.4, 0.5) is 13.2 Å². The Kier molecular flexibility index (Phi) is 6.92. The smallest absolute Gasteiger partial charge is 0.548 e. The predicted octanol–water partition coefficient (Wildman–Crippen LogP) is 1.68. The fraction of sp³-hybridized carbons (Fsp3) is 0.154. The van der Waals surface area contributed by atoms with Gasteiger partial charge in [0.1, 0.15) is 0 Å². The second-order valence-corrected chi connectivity index (χ2v) is 9.15. The molecule has 3 aromatic carbocycles. The Balaban J connectivity index is 0.00000289. The van der Waals surface area contributed by atoms with Gasteiger partial charge in [0.25, 0.3) is 5.56 Å². The van der Waals surface area contributed by atoms with E-state index < -0.39 is 29.3 Å². The Labute approximate surface area is 215 Å². The van der Waals surface area contributed by atoms with E-state index in [0.717, 1.165) is 44.8 Å². The zero-order valence-corrected chi connectivity index (χ0v) is 19.5. The van der Waals surface area contributed by atoms with E-state index in [2.05, 4.69) is 0 Å². The van der Waals surface area contributed by atoms with Gasteiger partial charge in [-0.3, -0.25) is 9.36 Å². The van der Waals surface area contributed by atoms with Crippen LogP contribution in [0, 0.1) is 0 Å². The molecule has 0 saturated carbocycles. The van der Waals surface area contributed by atoms with E-state index in [-0.39, 0.29) is 30.2 Å². The van der Waals surface area contributed by atoms with Gasteiger partial charge in [0.05, 0.1) is 22.6 Å². The molecule has 35 heavy (non-hydrogen) atoms. The third-order valence-electron chi connectivity index (χ3n) is 5.94. The summed E-state index contributed by atoms with van der Waals surface area (Å²) in [7, 11) is 0. The van der Waals surface area contributed by atoms with Gasteiger partial charge in [0.2, 0.25) is 0 Å². The van der Waals surface area contributed by atoms with Crippen molar-refractivity contribution >= 4 is 28.5 Å². The summed E-state index contributed by atoms with van der Waals surface area (Å²) in [4.78, 5) is 24.6. The van der Waals surface area contributed by atoms with E-state index in [9.17, 15) is 27.9 Å². The van der Waals surface area contributed by atoms with Gasteiger partial charge < -0.3 is 9.90 Å². The number of benzene rings is 3. The van der Waals surface area contributed by atoms with Crippen molar-refractivity contribution in [2.75, 3.05) is 5.75 Å². The maximum Gasteiger partial charge on any atom is 1.00 e. The molecular weight excluding hydrogens is 470 g/mol. The molecule has 9 heteroatoms. The third-order valence-corrected chi connectivity index (χ3v) is 7.09. The number of pyridine rings is 1. The Bertz CT molecular complexity index is 1500. The van der Waals surface area contributed by atoms with E-state index in [4.69, 9.17) is 0 Å². The quantitative estimate of drug-likeness (QED) is 0.411. The largest absolute Gasteiger partial charge is 1.00 e. The molecule has 0 fully saturated rings. The van der Waals surface area contributed by atoms with Crippen molar-refractivity contribution in [2.24, 2.45) is 0 Å². The van der Waals surface area contributed by atoms with Gasteiger partial charge in [-0.25, -0.2) is 0 Å². The minimum atomic E-state index is -4.54. The predicted molar refractivity (Wildman–Crippen MR) is 123 cm³/mol. The molecule has 0 amide bonds. The maximum absolute atomic E-state index is 13.4. The molecular formula is C26H17F3LiNO3S. The summed E-state index contributed by atoms with van der Waals surface area (Å²) < 4.78 is 41.4. The van der Waals surface area contributed by atoms with Crippen molar-refractivity contribution in [3.05, 3.63) is 99.8 Å². The monoisotopic (exact) mass is 487 g/mol. The standard InChI is InChI=1S/C26H18F3NO3S.Li/c27-26(28,29)20-7-3-6-18(12-20)23-19(11-15-8-9-16-4-1-2-5-17(16)10-15)13-22(31)30-21(25(32)33)14-34-24(23)30;/h1-10,12-13,21H,11,14H2,(H,32,33);/q;+1/p-1/t21-;/m0./s1. The minimum Gasteiger partial charge on any atom is -0.548 e. The zero-order chi connectivity index (χ0) is 24.0. The number of carboxylic acids is 1. The van der Waals surface area contributed by atoms with Crippen LogP contribution in [0.3, 0.4) is 0 Å². The number of halogens is 3. The van der Waals surface area contributed by atoms with Gasteiger partial charge >= 0.3 is 25.0 Å². The Morgan fingerprint density at radius 1 is 1.00 bits per heavy atom. The summed E-state index contributed by atoms with van der Waals surface area (Å²) >= 11 is 1.14. The van der Waals surface area contributed by atoms with Crippen molar-refractivity contribution < 1.29 is 41.9 Å². The molecule has 1 aromatic heterocycles. The molecule has 4 nitrogen and oxygen atoms in total. The van der Waals surface area contributed by atoms with E-state index in [1.54, 1.807) is 6.07 Å². The van der Waals surface area contributed by atoms with Crippen molar-refractivity contribution in [1.82, 2.24) is 4.57 Å². The van der Waals surface area contributed by atoms with Crippen LogP contribution in [0.25, 0.3) is 21.9 Å². The molecule has 1 aliphatic rings. The first kappa shape index (κ1) is 25.2. The fourth-order valence-electron chi connectivity index (χ4n) is 4.36. The number of carbonyl (C=O) groups is 1. The number of aliphatic carboxylic acids is 1.